The quantitative estimate of drug-likeness (QED) is 0.211. The van der Waals surface area contributed by atoms with Crippen molar-refractivity contribution in [3.05, 3.63) is 107 Å². The van der Waals surface area contributed by atoms with E-state index in [-0.39, 0.29) is 22.7 Å². The van der Waals surface area contributed by atoms with Crippen molar-refractivity contribution in [2.75, 3.05) is 5.75 Å². The smallest absolute Gasteiger partial charge is 0.250 e. The van der Waals surface area contributed by atoms with Gasteiger partial charge in [-0.25, -0.2) is 5.43 Å². The summed E-state index contributed by atoms with van der Waals surface area (Å²) in [7, 11) is 0. The number of nitrogens with one attached hydrogen (secondary N) is 1. The third-order valence-electron chi connectivity index (χ3n) is 5.11. The lowest BCUT2D eigenvalue weighted by Gasteiger charge is -2.10. The van der Waals surface area contributed by atoms with Crippen LogP contribution in [0.1, 0.15) is 5.56 Å². The highest BCUT2D eigenvalue weighted by Gasteiger charge is 2.17. The van der Waals surface area contributed by atoms with Gasteiger partial charge in [0.2, 0.25) is 5.43 Å². The molecule has 9 heteroatoms. The van der Waals surface area contributed by atoms with Gasteiger partial charge in [0.1, 0.15) is 11.8 Å². The highest BCUT2D eigenvalue weighted by molar-refractivity contribution is 7.99. The van der Waals surface area contributed by atoms with Gasteiger partial charge in [-0.3, -0.25) is 14.2 Å². The molecule has 3 aromatic carbocycles. The molecule has 0 spiro atoms. The lowest BCUT2D eigenvalue weighted by atomic mass is 10.2. The Morgan fingerprint density at radius 1 is 0.971 bits per heavy atom. The van der Waals surface area contributed by atoms with Crippen LogP contribution >= 0.6 is 11.8 Å². The van der Waals surface area contributed by atoms with Crippen LogP contribution in [-0.4, -0.2) is 32.6 Å². The Bertz CT molecular complexity index is 1560. The Labute approximate surface area is 204 Å². The summed E-state index contributed by atoms with van der Waals surface area (Å²) in [5, 5.41) is 13.6. The van der Waals surface area contributed by atoms with Crippen LogP contribution in [0.2, 0.25) is 0 Å². The van der Waals surface area contributed by atoms with E-state index in [1.165, 1.54) is 24.2 Å². The van der Waals surface area contributed by atoms with E-state index in [0.717, 1.165) is 11.3 Å². The normalized spacial score (nSPS) is 11.2. The number of rotatable bonds is 7. The minimum atomic E-state index is -0.347. The highest BCUT2D eigenvalue weighted by atomic mass is 32.2. The van der Waals surface area contributed by atoms with E-state index in [0.29, 0.717) is 22.0 Å². The molecule has 5 aromatic rings. The minimum Gasteiger partial charge on any atom is -0.463 e. The molecule has 0 aliphatic rings. The number of hydrogen-bond acceptors (Lipinski definition) is 7. The SMILES string of the molecule is O=C(CSc1nnc(-c2ccccc2)n1-c1ccccc1)N/N=C/c1coc2ccccc2c1=O. The molecule has 2 heterocycles. The van der Waals surface area contributed by atoms with Gasteiger partial charge in [0, 0.05) is 11.3 Å². The van der Waals surface area contributed by atoms with Crippen molar-refractivity contribution in [2.24, 2.45) is 5.10 Å². The van der Waals surface area contributed by atoms with Crippen LogP contribution in [-0.2, 0) is 4.79 Å². The van der Waals surface area contributed by atoms with Crippen LogP contribution in [0.5, 0.6) is 0 Å². The molecule has 0 fully saturated rings. The Morgan fingerprint density at radius 3 is 2.49 bits per heavy atom. The van der Waals surface area contributed by atoms with Crippen LogP contribution in [0.3, 0.4) is 0 Å². The number of hydrogen-bond donors (Lipinski definition) is 1. The van der Waals surface area contributed by atoms with Crippen molar-refractivity contribution >= 4 is 34.9 Å². The number of nitrogens with zero attached hydrogens (tertiary/aromatic N) is 4. The molecule has 0 aliphatic heterocycles. The van der Waals surface area contributed by atoms with Gasteiger partial charge in [-0.2, -0.15) is 5.10 Å². The minimum absolute atomic E-state index is 0.0590. The summed E-state index contributed by atoms with van der Waals surface area (Å²) in [6.07, 6.45) is 2.60. The molecule has 0 aliphatic carbocycles. The topological polar surface area (TPSA) is 102 Å². The molecule has 172 valence electrons. The van der Waals surface area contributed by atoms with E-state index in [9.17, 15) is 9.59 Å². The zero-order chi connectivity index (χ0) is 24.0. The zero-order valence-corrected chi connectivity index (χ0v) is 19.2. The third-order valence-corrected chi connectivity index (χ3v) is 6.04. The van der Waals surface area contributed by atoms with Crippen LogP contribution < -0.4 is 10.9 Å². The van der Waals surface area contributed by atoms with Crippen molar-refractivity contribution in [3.63, 3.8) is 0 Å². The molecule has 0 bridgehead atoms. The van der Waals surface area contributed by atoms with E-state index in [2.05, 4.69) is 20.7 Å². The number of carbonyl (C=O) groups excluding carboxylic acids is 1. The van der Waals surface area contributed by atoms with Gasteiger partial charge in [-0.1, -0.05) is 72.4 Å². The van der Waals surface area contributed by atoms with Crippen molar-refractivity contribution in [1.82, 2.24) is 20.2 Å². The van der Waals surface area contributed by atoms with Crippen molar-refractivity contribution in [3.8, 4) is 17.1 Å². The number of thioether (sulfide) groups is 1. The first kappa shape index (κ1) is 22.3. The maximum Gasteiger partial charge on any atom is 0.250 e. The Kier molecular flexibility index (Phi) is 6.49. The van der Waals surface area contributed by atoms with Crippen molar-refractivity contribution in [1.29, 1.82) is 0 Å². The largest absolute Gasteiger partial charge is 0.463 e. The number of hydrazone groups is 1. The summed E-state index contributed by atoms with van der Waals surface area (Å²) in [4.78, 5) is 24.9. The average Bonchev–Trinajstić information content (AvgIpc) is 3.34. The first-order valence-corrected chi connectivity index (χ1v) is 11.7. The number of para-hydroxylation sites is 2. The average molecular weight is 482 g/mol. The van der Waals surface area contributed by atoms with Gasteiger partial charge in [0.05, 0.1) is 22.9 Å². The molecular formula is C26H19N5O3S. The molecule has 1 amide bonds. The van der Waals surface area contributed by atoms with E-state index in [1.807, 2.05) is 65.2 Å². The van der Waals surface area contributed by atoms with E-state index in [1.54, 1.807) is 24.3 Å². The third kappa shape index (κ3) is 4.90. The van der Waals surface area contributed by atoms with E-state index < -0.39 is 0 Å². The van der Waals surface area contributed by atoms with Gasteiger partial charge in [-0.05, 0) is 24.3 Å². The van der Waals surface area contributed by atoms with Gasteiger partial charge >= 0.3 is 0 Å². The first-order valence-electron chi connectivity index (χ1n) is 10.7. The summed E-state index contributed by atoms with van der Waals surface area (Å²) in [5.41, 5.74) is 4.77. The van der Waals surface area contributed by atoms with Crippen LogP contribution in [0.4, 0.5) is 0 Å². The summed E-state index contributed by atoms with van der Waals surface area (Å²) in [6.45, 7) is 0. The second-order valence-electron chi connectivity index (χ2n) is 7.44. The molecule has 0 saturated carbocycles. The second kappa shape index (κ2) is 10.2. The second-order valence-corrected chi connectivity index (χ2v) is 8.38. The summed E-state index contributed by atoms with van der Waals surface area (Å²) in [5.74, 6) is 0.393. The van der Waals surface area contributed by atoms with Crippen LogP contribution in [0.25, 0.3) is 28.0 Å². The Morgan fingerprint density at radius 2 is 1.69 bits per heavy atom. The molecule has 0 atom stereocenters. The lowest BCUT2D eigenvalue weighted by molar-refractivity contribution is -0.118. The zero-order valence-electron chi connectivity index (χ0n) is 18.4. The number of amides is 1. The monoisotopic (exact) mass is 481 g/mol. The standard InChI is InChI=1S/C26H19N5O3S/c32-23(28-27-15-19-16-34-22-14-8-7-13-21(22)24(19)33)17-35-26-30-29-25(18-9-3-1-4-10-18)31(26)20-11-5-2-6-12-20/h1-16H,17H2,(H,28,32)/b27-15+. The molecule has 8 nitrogen and oxygen atoms in total. The highest BCUT2D eigenvalue weighted by Crippen LogP contribution is 2.27. The Hall–Kier alpha value is -4.50. The van der Waals surface area contributed by atoms with Crippen LogP contribution in [0.15, 0.2) is 111 Å². The molecule has 2 aromatic heterocycles. The van der Waals surface area contributed by atoms with Crippen LogP contribution in [0, 0.1) is 0 Å². The van der Waals surface area contributed by atoms with Crippen molar-refractivity contribution in [2.45, 2.75) is 5.16 Å². The van der Waals surface area contributed by atoms with Crippen molar-refractivity contribution < 1.29 is 9.21 Å². The Balaban J connectivity index is 1.30. The predicted octanol–water partition coefficient (Wildman–Crippen LogP) is 4.28. The lowest BCUT2D eigenvalue weighted by Crippen LogP contribution is -2.20. The fourth-order valence-electron chi connectivity index (χ4n) is 3.47. The number of fused-ring (bicyclic) bond motifs is 1. The maximum atomic E-state index is 12.5. The molecule has 0 saturated heterocycles. The molecular weight excluding hydrogens is 462 g/mol. The molecule has 0 unspecified atom stereocenters. The molecule has 35 heavy (non-hydrogen) atoms. The molecule has 0 radical (unpaired) electrons. The number of benzene rings is 3. The van der Waals surface area contributed by atoms with Gasteiger partial charge in [0.25, 0.3) is 5.91 Å². The summed E-state index contributed by atoms with van der Waals surface area (Å²) < 4.78 is 7.37. The van der Waals surface area contributed by atoms with Gasteiger partial charge < -0.3 is 4.42 Å². The summed E-state index contributed by atoms with van der Waals surface area (Å²) in [6, 6.07) is 26.4. The fraction of sp³-hybridized carbons (Fsp3) is 0.0385. The van der Waals surface area contributed by atoms with Gasteiger partial charge in [0.15, 0.2) is 11.0 Å². The van der Waals surface area contributed by atoms with E-state index in [4.69, 9.17) is 4.42 Å². The molecule has 5 rings (SSSR count). The first-order chi connectivity index (χ1) is 17.2. The maximum absolute atomic E-state index is 12.5. The number of carbonyl (C=O) groups is 1. The van der Waals surface area contributed by atoms with Gasteiger partial charge in [-0.15, -0.1) is 10.2 Å². The predicted molar refractivity (Wildman–Crippen MR) is 136 cm³/mol. The van der Waals surface area contributed by atoms with E-state index >= 15 is 0 Å². The number of aromatic nitrogens is 3. The summed E-state index contributed by atoms with van der Waals surface area (Å²) >= 11 is 1.24. The molecule has 1 N–H and O–H groups in total. The fourth-order valence-corrected chi connectivity index (χ4v) is 4.21.